The van der Waals surface area contributed by atoms with Gasteiger partial charge in [0.25, 0.3) is 0 Å². The minimum absolute atomic E-state index is 0.221. The molecular formula is C22H26O2. The van der Waals surface area contributed by atoms with Crippen LogP contribution in [0.1, 0.15) is 38.8 Å². The molecule has 0 radical (unpaired) electrons. The van der Waals surface area contributed by atoms with Gasteiger partial charge in [0.1, 0.15) is 0 Å². The van der Waals surface area contributed by atoms with Crippen LogP contribution in [-0.2, 0) is 22.7 Å². The van der Waals surface area contributed by atoms with Gasteiger partial charge in [0.2, 0.25) is 0 Å². The lowest BCUT2D eigenvalue weighted by Crippen LogP contribution is -2.04. The highest BCUT2D eigenvalue weighted by atomic mass is 16.5. The van der Waals surface area contributed by atoms with E-state index in [-0.39, 0.29) is 12.2 Å². The Bertz CT molecular complexity index is 763. The number of hydrogen-bond acceptors (Lipinski definition) is 2. The lowest BCUT2D eigenvalue weighted by Gasteiger charge is -2.16. The van der Waals surface area contributed by atoms with Crippen LogP contribution >= 0.6 is 0 Å². The zero-order valence-electron chi connectivity index (χ0n) is 15.0. The summed E-state index contributed by atoms with van der Waals surface area (Å²) in [6, 6.07) is 17.3. The van der Waals surface area contributed by atoms with Crippen LogP contribution in [0.2, 0.25) is 0 Å². The predicted molar refractivity (Wildman–Crippen MR) is 101 cm³/mol. The Kier molecular flexibility index (Phi) is 5.17. The van der Waals surface area contributed by atoms with Gasteiger partial charge in [0, 0.05) is 0 Å². The van der Waals surface area contributed by atoms with E-state index in [1.54, 1.807) is 0 Å². The minimum Gasteiger partial charge on any atom is -0.374 e. The number of rotatable bonds is 6. The maximum atomic E-state index is 5.89. The molecule has 0 saturated carbocycles. The number of ether oxygens (including phenoxy) is 2. The summed E-state index contributed by atoms with van der Waals surface area (Å²) < 4.78 is 11.8. The summed E-state index contributed by atoms with van der Waals surface area (Å²) in [4.78, 5) is 0. The Labute approximate surface area is 144 Å². The summed E-state index contributed by atoms with van der Waals surface area (Å²) in [6.45, 7) is 9.56. The molecule has 0 N–H and O–H groups in total. The highest BCUT2D eigenvalue weighted by Crippen LogP contribution is 2.32. The van der Waals surface area contributed by atoms with E-state index in [0.717, 1.165) is 0 Å². The van der Waals surface area contributed by atoms with E-state index in [9.17, 15) is 0 Å². The number of fused-ring (bicyclic) bond motifs is 3. The summed E-state index contributed by atoms with van der Waals surface area (Å²) in [5.74, 6) is 0. The quantitative estimate of drug-likeness (QED) is 0.530. The van der Waals surface area contributed by atoms with Gasteiger partial charge < -0.3 is 9.47 Å². The fraction of sp³-hybridized carbons (Fsp3) is 0.364. The standard InChI is InChI=1S/C22H26O2/c1-15(2)23-13-19-9-5-7-17-11-12-18-8-6-10-20(14-24-16(3)4)22(18)21(17)19/h5-12,15-16H,13-14H2,1-4H3. The molecule has 0 aromatic heterocycles. The Morgan fingerprint density at radius 1 is 0.625 bits per heavy atom. The van der Waals surface area contributed by atoms with Crippen LogP contribution in [0.25, 0.3) is 21.5 Å². The normalized spacial score (nSPS) is 11.9. The van der Waals surface area contributed by atoms with Crippen LogP contribution in [0.3, 0.4) is 0 Å². The van der Waals surface area contributed by atoms with Crippen molar-refractivity contribution in [1.82, 2.24) is 0 Å². The van der Waals surface area contributed by atoms with Gasteiger partial charge in [-0.05, 0) is 60.4 Å². The van der Waals surface area contributed by atoms with Crippen molar-refractivity contribution in [3.8, 4) is 0 Å². The van der Waals surface area contributed by atoms with Crippen LogP contribution in [0.5, 0.6) is 0 Å². The second-order valence-electron chi connectivity index (χ2n) is 6.82. The van der Waals surface area contributed by atoms with Crippen molar-refractivity contribution in [2.45, 2.75) is 53.1 Å². The average Bonchev–Trinajstić information content (AvgIpc) is 2.57. The third kappa shape index (κ3) is 3.61. The molecule has 2 nitrogen and oxygen atoms in total. The van der Waals surface area contributed by atoms with Crippen molar-refractivity contribution in [3.63, 3.8) is 0 Å². The molecule has 126 valence electrons. The molecule has 0 atom stereocenters. The molecule has 0 saturated heterocycles. The molecule has 0 amide bonds. The molecule has 3 aromatic rings. The van der Waals surface area contributed by atoms with Crippen LogP contribution in [0.15, 0.2) is 48.5 Å². The van der Waals surface area contributed by atoms with Gasteiger partial charge in [-0.15, -0.1) is 0 Å². The first-order valence-electron chi connectivity index (χ1n) is 8.71. The van der Waals surface area contributed by atoms with Gasteiger partial charge in [0.15, 0.2) is 0 Å². The Balaban J connectivity index is 2.19. The molecule has 0 aliphatic rings. The lowest BCUT2D eigenvalue weighted by atomic mass is 9.94. The molecule has 0 unspecified atom stereocenters. The molecule has 3 aromatic carbocycles. The summed E-state index contributed by atoms with van der Waals surface area (Å²) in [5, 5.41) is 5.09. The maximum absolute atomic E-state index is 5.89. The van der Waals surface area contributed by atoms with Gasteiger partial charge in [-0.1, -0.05) is 48.5 Å². The molecule has 0 heterocycles. The Morgan fingerprint density at radius 3 is 1.42 bits per heavy atom. The van der Waals surface area contributed by atoms with E-state index < -0.39 is 0 Å². The van der Waals surface area contributed by atoms with E-state index in [2.05, 4.69) is 76.2 Å². The van der Waals surface area contributed by atoms with Crippen molar-refractivity contribution < 1.29 is 9.47 Å². The zero-order valence-corrected chi connectivity index (χ0v) is 15.0. The van der Waals surface area contributed by atoms with E-state index in [1.807, 2.05) is 0 Å². The monoisotopic (exact) mass is 322 g/mol. The topological polar surface area (TPSA) is 18.5 Å². The minimum atomic E-state index is 0.221. The fourth-order valence-electron chi connectivity index (χ4n) is 3.06. The van der Waals surface area contributed by atoms with E-state index in [4.69, 9.17) is 9.47 Å². The first-order chi connectivity index (χ1) is 11.6. The summed E-state index contributed by atoms with van der Waals surface area (Å²) in [6.07, 6.45) is 0.443. The van der Waals surface area contributed by atoms with Crippen LogP contribution < -0.4 is 0 Å². The third-order valence-electron chi connectivity index (χ3n) is 4.20. The van der Waals surface area contributed by atoms with Crippen molar-refractivity contribution in [2.75, 3.05) is 0 Å². The van der Waals surface area contributed by atoms with E-state index >= 15 is 0 Å². The molecule has 0 aliphatic heterocycles. The molecule has 2 heteroatoms. The maximum Gasteiger partial charge on any atom is 0.0726 e. The second kappa shape index (κ2) is 7.33. The molecule has 0 bridgehead atoms. The van der Waals surface area contributed by atoms with Gasteiger partial charge in [-0.3, -0.25) is 0 Å². The third-order valence-corrected chi connectivity index (χ3v) is 4.20. The van der Waals surface area contributed by atoms with Crippen LogP contribution in [0, 0.1) is 0 Å². The molecular weight excluding hydrogens is 296 g/mol. The zero-order chi connectivity index (χ0) is 17.1. The first-order valence-corrected chi connectivity index (χ1v) is 8.71. The van der Waals surface area contributed by atoms with Crippen LogP contribution in [-0.4, -0.2) is 12.2 Å². The van der Waals surface area contributed by atoms with Crippen molar-refractivity contribution in [2.24, 2.45) is 0 Å². The van der Waals surface area contributed by atoms with Crippen molar-refractivity contribution in [1.29, 1.82) is 0 Å². The Hall–Kier alpha value is -1.90. The van der Waals surface area contributed by atoms with E-state index in [0.29, 0.717) is 13.2 Å². The molecule has 0 aliphatic carbocycles. The summed E-state index contributed by atoms with van der Waals surface area (Å²) in [5.41, 5.74) is 2.48. The SMILES string of the molecule is CC(C)OCc1cccc2ccc3cccc(COC(C)C)c3c12. The number of hydrogen-bond donors (Lipinski definition) is 0. The second-order valence-corrected chi connectivity index (χ2v) is 6.82. The van der Waals surface area contributed by atoms with Gasteiger partial charge in [-0.25, -0.2) is 0 Å². The van der Waals surface area contributed by atoms with E-state index in [1.165, 1.54) is 32.7 Å². The highest BCUT2D eigenvalue weighted by molar-refractivity contribution is 6.10. The summed E-state index contributed by atoms with van der Waals surface area (Å²) >= 11 is 0. The smallest absolute Gasteiger partial charge is 0.0726 e. The predicted octanol–water partition coefficient (Wildman–Crippen LogP) is 5.84. The molecule has 3 rings (SSSR count). The Morgan fingerprint density at radius 2 is 1.04 bits per heavy atom. The summed E-state index contributed by atoms with van der Waals surface area (Å²) in [7, 11) is 0. The lowest BCUT2D eigenvalue weighted by molar-refractivity contribution is 0.0658. The fourth-order valence-corrected chi connectivity index (χ4v) is 3.06. The largest absolute Gasteiger partial charge is 0.374 e. The highest BCUT2D eigenvalue weighted by Gasteiger charge is 2.11. The van der Waals surface area contributed by atoms with Gasteiger partial charge >= 0.3 is 0 Å². The number of benzene rings is 3. The molecule has 0 spiro atoms. The average molecular weight is 322 g/mol. The van der Waals surface area contributed by atoms with Crippen LogP contribution in [0.4, 0.5) is 0 Å². The first kappa shape index (κ1) is 16.9. The van der Waals surface area contributed by atoms with Gasteiger partial charge in [-0.2, -0.15) is 0 Å². The van der Waals surface area contributed by atoms with Crippen molar-refractivity contribution in [3.05, 3.63) is 59.7 Å². The molecule has 0 fully saturated rings. The van der Waals surface area contributed by atoms with Crippen molar-refractivity contribution >= 4 is 21.5 Å². The molecule has 24 heavy (non-hydrogen) atoms. The van der Waals surface area contributed by atoms with Gasteiger partial charge in [0.05, 0.1) is 25.4 Å².